The molecule has 0 aliphatic heterocycles. The Kier molecular flexibility index (Phi) is 5.22. The van der Waals surface area contributed by atoms with E-state index in [9.17, 15) is 14.9 Å². The molecule has 0 saturated carbocycles. The van der Waals surface area contributed by atoms with Crippen LogP contribution in [0.25, 0.3) is 0 Å². The quantitative estimate of drug-likeness (QED) is 0.818. The number of amides is 1. The van der Waals surface area contributed by atoms with Crippen molar-refractivity contribution in [2.24, 2.45) is 0 Å². The highest BCUT2D eigenvalue weighted by molar-refractivity contribution is 6.01. The second kappa shape index (κ2) is 7.33. The van der Waals surface area contributed by atoms with Crippen molar-refractivity contribution in [2.45, 2.75) is 13.8 Å². The maximum Gasteiger partial charge on any atom is 0.264 e. The molecule has 2 rings (SSSR count). The Morgan fingerprint density at radius 1 is 1.29 bits per heavy atom. The summed E-state index contributed by atoms with van der Waals surface area (Å²) in [7, 11) is 1.50. The fraction of sp³-hybridized carbons (Fsp3) is 0.235. The summed E-state index contributed by atoms with van der Waals surface area (Å²) in [6.07, 6.45) is 0. The second-order valence-corrected chi connectivity index (χ2v) is 4.89. The molecule has 2 aromatic rings. The molecule has 1 N–H and O–H groups in total. The first-order chi connectivity index (χ1) is 11.5. The van der Waals surface area contributed by atoms with E-state index in [0.29, 0.717) is 11.5 Å². The molecule has 1 aromatic heterocycles. The molecule has 0 bridgehead atoms. The van der Waals surface area contributed by atoms with Crippen molar-refractivity contribution in [2.75, 3.05) is 19.0 Å². The van der Waals surface area contributed by atoms with E-state index in [1.54, 1.807) is 31.2 Å². The van der Waals surface area contributed by atoms with Gasteiger partial charge >= 0.3 is 0 Å². The molecule has 124 valence electrons. The lowest BCUT2D eigenvalue weighted by molar-refractivity contribution is -0.118. The number of rotatable bonds is 6. The first-order valence-electron chi connectivity index (χ1n) is 7.08. The van der Waals surface area contributed by atoms with Gasteiger partial charge in [-0.1, -0.05) is 12.1 Å². The Labute approximate surface area is 138 Å². The van der Waals surface area contributed by atoms with Gasteiger partial charge in [-0.05, 0) is 26.0 Å². The van der Waals surface area contributed by atoms with E-state index >= 15 is 0 Å². The number of methoxy groups -OCH3 is 1. The van der Waals surface area contributed by atoms with Crippen LogP contribution >= 0.6 is 0 Å². The Balaban J connectivity index is 2.10. The van der Waals surface area contributed by atoms with Gasteiger partial charge in [0.05, 0.1) is 12.7 Å². The van der Waals surface area contributed by atoms with Crippen molar-refractivity contribution >= 4 is 17.6 Å². The van der Waals surface area contributed by atoms with E-state index in [1.165, 1.54) is 14.0 Å². The lowest BCUT2D eigenvalue weighted by Crippen LogP contribution is -2.20. The third-order valence-corrected chi connectivity index (χ3v) is 3.23. The van der Waals surface area contributed by atoms with Gasteiger partial charge in [0, 0.05) is 0 Å². The number of nitriles is 1. The van der Waals surface area contributed by atoms with Crippen LogP contribution in [0.15, 0.2) is 28.7 Å². The molecule has 7 nitrogen and oxygen atoms in total. The largest absolute Gasteiger partial charge is 0.493 e. The summed E-state index contributed by atoms with van der Waals surface area (Å²) in [5.74, 6) is 0.292. The zero-order valence-corrected chi connectivity index (χ0v) is 13.5. The van der Waals surface area contributed by atoms with Gasteiger partial charge in [-0.15, -0.1) is 0 Å². The van der Waals surface area contributed by atoms with E-state index in [-0.39, 0.29) is 35.2 Å². The zero-order valence-electron chi connectivity index (χ0n) is 13.5. The van der Waals surface area contributed by atoms with Crippen LogP contribution in [-0.4, -0.2) is 25.4 Å². The second-order valence-electron chi connectivity index (χ2n) is 4.89. The number of ether oxygens (including phenoxy) is 2. The highest BCUT2D eigenvalue weighted by atomic mass is 16.5. The van der Waals surface area contributed by atoms with E-state index in [2.05, 4.69) is 5.32 Å². The SMILES string of the molecule is COc1ccccc1OCC(=O)Nc1oc(C)c(C(C)=O)c1C#N. The molecule has 0 aliphatic rings. The summed E-state index contributed by atoms with van der Waals surface area (Å²) in [6, 6.07) is 8.77. The third-order valence-electron chi connectivity index (χ3n) is 3.23. The summed E-state index contributed by atoms with van der Waals surface area (Å²) in [5, 5.41) is 11.6. The van der Waals surface area contributed by atoms with Gasteiger partial charge < -0.3 is 13.9 Å². The average Bonchev–Trinajstić information content (AvgIpc) is 2.88. The molecule has 1 amide bonds. The number of para-hydroxylation sites is 2. The molecule has 1 aromatic carbocycles. The number of benzene rings is 1. The molecule has 1 heterocycles. The lowest BCUT2D eigenvalue weighted by Gasteiger charge is -2.09. The zero-order chi connectivity index (χ0) is 17.7. The summed E-state index contributed by atoms with van der Waals surface area (Å²) < 4.78 is 15.8. The van der Waals surface area contributed by atoms with Crippen molar-refractivity contribution < 1.29 is 23.5 Å². The fourth-order valence-corrected chi connectivity index (χ4v) is 2.21. The first-order valence-corrected chi connectivity index (χ1v) is 7.08. The molecule has 0 radical (unpaired) electrons. The molecule has 0 fully saturated rings. The van der Waals surface area contributed by atoms with Crippen LogP contribution in [0.5, 0.6) is 11.5 Å². The monoisotopic (exact) mass is 328 g/mol. The minimum Gasteiger partial charge on any atom is -0.493 e. The van der Waals surface area contributed by atoms with Gasteiger partial charge in [0.2, 0.25) is 5.88 Å². The number of nitrogens with one attached hydrogen (secondary N) is 1. The first kappa shape index (κ1) is 17.1. The summed E-state index contributed by atoms with van der Waals surface area (Å²) in [4.78, 5) is 23.6. The normalized spacial score (nSPS) is 9.92. The minimum absolute atomic E-state index is 0.00522. The predicted molar refractivity (Wildman–Crippen MR) is 85.3 cm³/mol. The number of Topliss-reactive ketones (excluding diaryl/α,β-unsaturated/α-hetero) is 1. The number of ketones is 1. The molecule has 0 spiro atoms. The van der Waals surface area contributed by atoms with Gasteiger partial charge in [-0.25, -0.2) is 0 Å². The van der Waals surface area contributed by atoms with E-state index in [0.717, 1.165) is 0 Å². The number of nitrogens with zero attached hydrogens (tertiary/aromatic N) is 1. The number of hydrogen-bond donors (Lipinski definition) is 1. The molecule has 24 heavy (non-hydrogen) atoms. The fourth-order valence-electron chi connectivity index (χ4n) is 2.21. The lowest BCUT2D eigenvalue weighted by atomic mass is 10.1. The molecule has 0 saturated heterocycles. The maximum absolute atomic E-state index is 12.0. The number of hydrogen-bond acceptors (Lipinski definition) is 6. The molecule has 7 heteroatoms. The van der Waals surface area contributed by atoms with Crippen molar-refractivity contribution in [3.05, 3.63) is 41.2 Å². The van der Waals surface area contributed by atoms with E-state index < -0.39 is 5.91 Å². The predicted octanol–water partition coefficient (Wildman–Crippen LogP) is 2.69. The van der Waals surface area contributed by atoms with Crippen molar-refractivity contribution in [3.63, 3.8) is 0 Å². The number of carbonyl (C=O) groups is 2. The van der Waals surface area contributed by atoms with Crippen LogP contribution < -0.4 is 14.8 Å². The van der Waals surface area contributed by atoms with Crippen LogP contribution in [0.3, 0.4) is 0 Å². The number of anilines is 1. The Morgan fingerprint density at radius 3 is 2.54 bits per heavy atom. The van der Waals surface area contributed by atoms with E-state index in [4.69, 9.17) is 13.9 Å². The Morgan fingerprint density at radius 2 is 1.96 bits per heavy atom. The van der Waals surface area contributed by atoms with Crippen LogP contribution in [0.1, 0.15) is 28.6 Å². The van der Waals surface area contributed by atoms with Crippen LogP contribution in [0.4, 0.5) is 5.88 Å². The number of aryl methyl sites for hydroxylation is 1. The molecular formula is C17H16N2O5. The maximum atomic E-state index is 12.0. The standard InChI is InChI=1S/C17H16N2O5/c1-10(20)16-11(2)24-17(12(16)8-18)19-15(21)9-23-14-7-5-4-6-13(14)22-3/h4-7H,9H2,1-3H3,(H,19,21). The average molecular weight is 328 g/mol. The third kappa shape index (κ3) is 3.55. The Hall–Kier alpha value is -3.27. The highest BCUT2D eigenvalue weighted by Crippen LogP contribution is 2.27. The highest BCUT2D eigenvalue weighted by Gasteiger charge is 2.22. The van der Waals surface area contributed by atoms with Gasteiger partial charge in [-0.2, -0.15) is 5.26 Å². The van der Waals surface area contributed by atoms with Crippen LogP contribution in [0, 0.1) is 18.3 Å². The summed E-state index contributed by atoms with van der Waals surface area (Å²) in [5.41, 5.74) is 0.170. The van der Waals surface area contributed by atoms with Crippen LogP contribution in [-0.2, 0) is 4.79 Å². The smallest absolute Gasteiger partial charge is 0.264 e. The number of carbonyl (C=O) groups excluding carboxylic acids is 2. The van der Waals surface area contributed by atoms with Gasteiger partial charge in [0.15, 0.2) is 23.9 Å². The van der Waals surface area contributed by atoms with E-state index in [1.807, 2.05) is 6.07 Å². The van der Waals surface area contributed by atoms with Crippen molar-refractivity contribution in [1.82, 2.24) is 0 Å². The molecule has 0 aliphatic carbocycles. The van der Waals surface area contributed by atoms with Crippen molar-refractivity contribution in [3.8, 4) is 17.6 Å². The molecule has 0 atom stereocenters. The molecule has 0 unspecified atom stereocenters. The topological polar surface area (TPSA) is 102 Å². The summed E-state index contributed by atoms with van der Waals surface area (Å²) >= 11 is 0. The van der Waals surface area contributed by atoms with Gasteiger partial charge in [0.25, 0.3) is 5.91 Å². The van der Waals surface area contributed by atoms with Crippen molar-refractivity contribution in [1.29, 1.82) is 5.26 Å². The summed E-state index contributed by atoms with van der Waals surface area (Å²) in [6.45, 7) is 2.58. The molecular weight excluding hydrogens is 312 g/mol. The van der Waals surface area contributed by atoms with Gasteiger partial charge in [0.1, 0.15) is 17.4 Å². The minimum atomic E-state index is -0.527. The Bertz CT molecular complexity index is 817. The van der Waals surface area contributed by atoms with Crippen LogP contribution in [0.2, 0.25) is 0 Å². The van der Waals surface area contributed by atoms with Gasteiger partial charge in [-0.3, -0.25) is 14.9 Å². The number of furan rings is 1.